The fraction of sp³-hybridized carbons (Fsp3) is 0.388. The van der Waals surface area contributed by atoms with E-state index in [0.29, 0.717) is 45.3 Å². The summed E-state index contributed by atoms with van der Waals surface area (Å²) in [6.07, 6.45) is 21.6. The molecule has 0 radical (unpaired) electrons. The number of carbonyl (C=O) groups excluding carboxylic acids is 4. The van der Waals surface area contributed by atoms with Gasteiger partial charge in [0.05, 0.1) is 5.69 Å². The lowest BCUT2D eigenvalue weighted by Gasteiger charge is -2.28. The summed E-state index contributed by atoms with van der Waals surface area (Å²) in [7, 11) is 1.84. The predicted molar refractivity (Wildman–Crippen MR) is 229 cm³/mol. The number of hydrogen-bond donors (Lipinski definition) is 1. The Morgan fingerprint density at radius 2 is 1.02 bits per heavy atom. The summed E-state index contributed by atoms with van der Waals surface area (Å²) in [5.74, 6) is -0.934. The lowest BCUT2D eigenvalue weighted by atomic mass is 9.83. The number of phenolic OH excluding ortho intramolecular Hbond substituents is 1. The van der Waals surface area contributed by atoms with E-state index in [0.717, 1.165) is 56.3 Å². The van der Waals surface area contributed by atoms with E-state index in [2.05, 4.69) is 6.92 Å². The van der Waals surface area contributed by atoms with Gasteiger partial charge in [-0.25, -0.2) is 4.90 Å². The zero-order valence-electron chi connectivity index (χ0n) is 33.0. The van der Waals surface area contributed by atoms with Gasteiger partial charge in [0, 0.05) is 46.6 Å². The Kier molecular flexibility index (Phi) is 12.3. The van der Waals surface area contributed by atoms with Gasteiger partial charge in [0.1, 0.15) is 5.75 Å². The molecule has 0 aliphatic carbocycles. The van der Waals surface area contributed by atoms with Crippen molar-refractivity contribution in [2.24, 2.45) is 0 Å². The van der Waals surface area contributed by atoms with Crippen LogP contribution in [0.3, 0.4) is 0 Å². The molecule has 0 aromatic heterocycles. The minimum absolute atomic E-state index is 0.0436. The van der Waals surface area contributed by atoms with E-state index in [1.165, 1.54) is 102 Å². The van der Waals surface area contributed by atoms with Crippen molar-refractivity contribution in [1.82, 2.24) is 4.90 Å². The quantitative estimate of drug-likeness (QED) is 0.0276. The normalized spacial score (nSPS) is 12.9. The Morgan fingerprint density at radius 1 is 0.571 bits per heavy atom. The molecule has 6 aromatic rings. The summed E-state index contributed by atoms with van der Waals surface area (Å²) in [6, 6.07) is 20.8. The number of fused-ring (bicyclic) bond motifs is 2. The number of amides is 3. The van der Waals surface area contributed by atoms with E-state index in [4.69, 9.17) is 0 Å². The van der Waals surface area contributed by atoms with Crippen molar-refractivity contribution in [2.75, 3.05) is 18.5 Å². The van der Waals surface area contributed by atoms with Crippen molar-refractivity contribution in [3.05, 3.63) is 95.1 Å². The monoisotopic (exact) mass is 750 g/mol. The summed E-state index contributed by atoms with van der Waals surface area (Å²) < 4.78 is 0. The molecular formula is C49H54N2O5. The Morgan fingerprint density at radius 3 is 1.52 bits per heavy atom. The van der Waals surface area contributed by atoms with Crippen LogP contribution in [0.25, 0.3) is 43.1 Å². The Balaban J connectivity index is 1.04. The van der Waals surface area contributed by atoms with Crippen LogP contribution < -0.4 is 4.90 Å². The van der Waals surface area contributed by atoms with Gasteiger partial charge < -0.3 is 10.0 Å². The molecule has 1 N–H and O–H groups in total. The van der Waals surface area contributed by atoms with Crippen LogP contribution in [0.15, 0.2) is 72.8 Å². The van der Waals surface area contributed by atoms with Crippen LogP contribution in [0.5, 0.6) is 5.75 Å². The highest BCUT2D eigenvalue weighted by atomic mass is 16.3. The van der Waals surface area contributed by atoms with Gasteiger partial charge in [-0.1, -0.05) is 134 Å². The molecule has 0 atom stereocenters. The molecular weight excluding hydrogens is 697 g/mol. The second-order valence-electron chi connectivity index (χ2n) is 15.8. The first-order valence-corrected chi connectivity index (χ1v) is 20.9. The summed E-state index contributed by atoms with van der Waals surface area (Å²) in [5, 5.41) is 16.1. The van der Waals surface area contributed by atoms with Crippen molar-refractivity contribution < 1.29 is 24.3 Å². The number of aldehydes is 1. The second kappa shape index (κ2) is 17.7. The van der Waals surface area contributed by atoms with Crippen LogP contribution in [0, 0.1) is 0 Å². The SMILES string of the molecule is CCCCCCCCCCCCCCCCCCN(C)C(=O)c1ccc2c3ccc4c5c(ccc(c6ccc(C=O)c1c62)c53)C(=O)N(c1ccc(O)cc1)C4=O. The number of phenols is 1. The molecule has 0 saturated heterocycles. The molecule has 6 aromatic carbocycles. The van der Waals surface area contributed by atoms with Crippen LogP contribution >= 0.6 is 0 Å². The zero-order chi connectivity index (χ0) is 39.2. The van der Waals surface area contributed by atoms with Crippen molar-refractivity contribution in [3.8, 4) is 5.75 Å². The maximum absolute atomic E-state index is 14.1. The van der Waals surface area contributed by atoms with Crippen molar-refractivity contribution in [1.29, 1.82) is 0 Å². The van der Waals surface area contributed by atoms with Gasteiger partial charge in [0.2, 0.25) is 0 Å². The average Bonchev–Trinajstić information content (AvgIpc) is 3.22. The molecule has 1 heterocycles. The van der Waals surface area contributed by atoms with Crippen LogP contribution in [0.2, 0.25) is 0 Å². The molecule has 1 aliphatic rings. The number of imide groups is 1. The summed E-state index contributed by atoms with van der Waals surface area (Å²) in [5.41, 5.74) is 2.16. The number of anilines is 1. The van der Waals surface area contributed by atoms with E-state index in [-0.39, 0.29) is 11.7 Å². The van der Waals surface area contributed by atoms with Crippen molar-refractivity contribution >= 4 is 72.8 Å². The fourth-order valence-corrected chi connectivity index (χ4v) is 8.92. The lowest BCUT2D eigenvalue weighted by Crippen LogP contribution is -2.40. The molecule has 3 amide bonds. The van der Waals surface area contributed by atoms with Gasteiger partial charge in [-0.05, 0) is 81.2 Å². The Bertz CT molecular complexity index is 2310. The highest BCUT2D eigenvalue weighted by molar-refractivity contribution is 6.43. The third kappa shape index (κ3) is 7.61. The zero-order valence-corrected chi connectivity index (χ0v) is 33.0. The highest BCUT2D eigenvalue weighted by Gasteiger charge is 2.35. The Labute approximate surface area is 330 Å². The average molecular weight is 751 g/mol. The van der Waals surface area contributed by atoms with Gasteiger partial charge in [-0.3, -0.25) is 19.2 Å². The number of benzene rings is 6. The number of aromatic hydroxyl groups is 1. The van der Waals surface area contributed by atoms with Gasteiger partial charge >= 0.3 is 0 Å². The van der Waals surface area contributed by atoms with E-state index in [9.17, 15) is 24.3 Å². The number of rotatable bonds is 20. The van der Waals surface area contributed by atoms with Gasteiger partial charge in [-0.15, -0.1) is 0 Å². The molecule has 0 saturated carbocycles. The fourth-order valence-electron chi connectivity index (χ4n) is 8.92. The van der Waals surface area contributed by atoms with Crippen LogP contribution in [0.1, 0.15) is 151 Å². The van der Waals surface area contributed by atoms with Crippen LogP contribution in [-0.4, -0.2) is 47.6 Å². The third-order valence-corrected chi connectivity index (χ3v) is 12.0. The highest BCUT2D eigenvalue weighted by Crippen LogP contribution is 2.45. The molecule has 0 bridgehead atoms. The van der Waals surface area contributed by atoms with E-state index >= 15 is 0 Å². The van der Waals surface area contributed by atoms with Crippen molar-refractivity contribution in [3.63, 3.8) is 0 Å². The number of nitrogens with zero attached hydrogens (tertiary/aromatic N) is 2. The molecule has 7 heteroatoms. The first-order chi connectivity index (χ1) is 27.3. The lowest BCUT2D eigenvalue weighted by molar-refractivity contribution is 0.0793. The molecule has 0 unspecified atom stereocenters. The standard InChI is InChI=1S/C49H54N2O5/c1-3-4-5-6-7-8-9-10-11-12-13-14-15-16-17-18-31-50(2)47(54)40-28-25-37-39-27-30-42-46-41(48(55)51(49(42)56)34-20-22-35(53)23-21-34)29-26-38(45(39)46)36-24-19-33(32-52)43(40)44(36)37/h19-30,32,53H,3-18,31H2,1-2H3. The minimum Gasteiger partial charge on any atom is -0.508 e. The second-order valence-corrected chi connectivity index (χ2v) is 15.8. The van der Waals surface area contributed by atoms with Crippen LogP contribution in [0.4, 0.5) is 5.69 Å². The van der Waals surface area contributed by atoms with E-state index in [1.54, 1.807) is 35.2 Å². The van der Waals surface area contributed by atoms with E-state index in [1.807, 2.05) is 37.4 Å². The molecule has 0 spiro atoms. The maximum atomic E-state index is 14.1. The Hall–Kier alpha value is -5.30. The molecule has 0 fully saturated rings. The summed E-state index contributed by atoms with van der Waals surface area (Å²) in [4.78, 5) is 57.4. The van der Waals surface area contributed by atoms with Crippen molar-refractivity contribution in [2.45, 2.75) is 110 Å². The number of hydrogen-bond acceptors (Lipinski definition) is 5. The molecule has 7 nitrogen and oxygen atoms in total. The smallest absolute Gasteiger partial charge is 0.265 e. The van der Waals surface area contributed by atoms with E-state index < -0.39 is 11.8 Å². The topological polar surface area (TPSA) is 95.0 Å². The molecule has 56 heavy (non-hydrogen) atoms. The third-order valence-electron chi connectivity index (χ3n) is 12.0. The molecule has 7 rings (SSSR count). The molecule has 1 aliphatic heterocycles. The molecule has 290 valence electrons. The number of carbonyl (C=O) groups is 4. The maximum Gasteiger partial charge on any atom is 0.265 e. The van der Waals surface area contributed by atoms with Gasteiger partial charge in [0.15, 0.2) is 6.29 Å². The predicted octanol–water partition coefficient (Wildman–Crippen LogP) is 12.4. The van der Waals surface area contributed by atoms with Gasteiger partial charge in [-0.2, -0.15) is 0 Å². The van der Waals surface area contributed by atoms with Crippen LogP contribution in [-0.2, 0) is 0 Å². The number of unbranched alkanes of at least 4 members (excludes halogenated alkanes) is 15. The first kappa shape index (κ1) is 39.0. The first-order valence-electron chi connectivity index (χ1n) is 20.9. The summed E-state index contributed by atoms with van der Waals surface area (Å²) in [6.45, 7) is 2.92. The van der Waals surface area contributed by atoms with Gasteiger partial charge in [0.25, 0.3) is 17.7 Å². The summed E-state index contributed by atoms with van der Waals surface area (Å²) >= 11 is 0. The minimum atomic E-state index is -0.433. The largest absolute Gasteiger partial charge is 0.508 e.